The molecule has 0 radical (unpaired) electrons. The highest BCUT2D eigenvalue weighted by Gasteiger charge is 2.61. The Morgan fingerprint density at radius 1 is 1.54 bits per heavy atom. The normalized spacial score (nSPS) is 36.8. The molecule has 13 heavy (non-hydrogen) atoms. The lowest BCUT2D eigenvalue weighted by Crippen LogP contribution is -2.24. The third kappa shape index (κ3) is 1.30. The molecule has 2 rings (SSSR count). The van der Waals surface area contributed by atoms with Crippen molar-refractivity contribution < 1.29 is 9.53 Å². The summed E-state index contributed by atoms with van der Waals surface area (Å²) in [4.78, 5) is 13.9. The van der Waals surface area contributed by atoms with Gasteiger partial charge in [-0.25, -0.2) is 0 Å². The van der Waals surface area contributed by atoms with Crippen LogP contribution in [0, 0.1) is 0 Å². The van der Waals surface area contributed by atoms with Crippen LogP contribution in [0.1, 0.15) is 32.1 Å². The molecule has 1 saturated heterocycles. The number of fused-ring (bicyclic) bond motifs is 1. The number of nitrogens with zero attached hydrogens (tertiary/aromatic N) is 3. The Bertz CT molecular complexity index is 285. The summed E-state index contributed by atoms with van der Waals surface area (Å²) in [6.45, 7) is 0. The van der Waals surface area contributed by atoms with Gasteiger partial charge in [-0.1, -0.05) is 19.3 Å². The van der Waals surface area contributed by atoms with Gasteiger partial charge in [0.2, 0.25) is 0 Å². The Labute approximate surface area is 75.7 Å². The summed E-state index contributed by atoms with van der Waals surface area (Å²) < 4.78 is 5.35. The van der Waals surface area contributed by atoms with Crippen molar-refractivity contribution in [3.63, 3.8) is 0 Å². The molecular formula is C8H11N3O2. The lowest BCUT2D eigenvalue weighted by molar-refractivity contribution is -0.123. The first-order valence-corrected chi connectivity index (χ1v) is 4.57. The van der Waals surface area contributed by atoms with E-state index in [0.717, 1.165) is 32.1 Å². The molecule has 2 fully saturated rings. The summed E-state index contributed by atoms with van der Waals surface area (Å²) >= 11 is 0. The number of azide groups is 1. The van der Waals surface area contributed by atoms with Gasteiger partial charge in [0, 0.05) is 4.91 Å². The molecule has 5 nitrogen and oxygen atoms in total. The second-order valence-corrected chi connectivity index (χ2v) is 3.59. The summed E-state index contributed by atoms with van der Waals surface area (Å²) in [5, 5.41) is 3.12. The van der Waals surface area contributed by atoms with Gasteiger partial charge in [-0.05, 0) is 23.5 Å². The largest absolute Gasteiger partial charge is 0.358 e. The smallest absolute Gasteiger partial charge is 0.253 e. The Kier molecular flexibility index (Phi) is 1.98. The predicted octanol–water partition coefficient (Wildman–Crippen LogP) is 1.93. The van der Waals surface area contributed by atoms with Crippen molar-refractivity contribution in [3.05, 3.63) is 10.4 Å². The molecule has 1 amide bonds. The van der Waals surface area contributed by atoms with Gasteiger partial charge >= 0.3 is 0 Å². The van der Waals surface area contributed by atoms with E-state index >= 15 is 0 Å². The highest BCUT2D eigenvalue weighted by Crippen LogP contribution is 2.47. The molecule has 2 aliphatic rings. The van der Waals surface area contributed by atoms with Crippen LogP contribution in [0.4, 0.5) is 0 Å². The van der Waals surface area contributed by atoms with Crippen LogP contribution >= 0.6 is 0 Å². The van der Waals surface area contributed by atoms with Gasteiger partial charge in [0.1, 0.15) is 0 Å². The third-order valence-electron chi connectivity index (χ3n) is 2.83. The summed E-state index contributed by atoms with van der Waals surface area (Å²) in [5.41, 5.74) is 7.43. The molecule has 1 aliphatic carbocycles. The van der Waals surface area contributed by atoms with Crippen LogP contribution in [-0.2, 0) is 9.53 Å². The van der Waals surface area contributed by atoms with E-state index in [4.69, 9.17) is 10.3 Å². The highest BCUT2D eigenvalue weighted by molar-refractivity contribution is 5.89. The number of epoxide rings is 1. The van der Waals surface area contributed by atoms with Gasteiger partial charge in [-0.15, -0.1) is 0 Å². The molecule has 0 N–H and O–H groups in total. The van der Waals surface area contributed by atoms with Crippen molar-refractivity contribution in [2.45, 2.75) is 43.8 Å². The average Bonchev–Trinajstić information content (AvgIpc) is 2.77. The van der Waals surface area contributed by atoms with E-state index in [9.17, 15) is 4.79 Å². The van der Waals surface area contributed by atoms with E-state index in [1.165, 1.54) is 0 Å². The minimum atomic E-state index is -0.720. The zero-order chi connectivity index (χ0) is 9.31. The minimum Gasteiger partial charge on any atom is -0.358 e. The fourth-order valence-electron chi connectivity index (χ4n) is 2.05. The molecule has 1 aliphatic heterocycles. The lowest BCUT2D eigenvalue weighted by Gasteiger charge is -2.04. The maximum atomic E-state index is 11.4. The summed E-state index contributed by atoms with van der Waals surface area (Å²) in [7, 11) is 0. The number of carbonyl (C=O) groups excluding carboxylic acids is 1. The third-order valence-corrected chi connectivity index (χ3v) is 2.83. The van der Waals surface area contributed by atoms with E-state index in [1.54, 1.807) is 0 Å². The van der Waals surface area contributed by atoms with Crippen LogP contribution in [0.25, 0.3) is 10.4 Å². The van der Waals surface area contributed by atoms with Gasteiger partial charge in [0.25, 0.3) is 5.91 Å². The zero-order valence-electron chi connectivity index (χ0n) is 7.27. The molecule has 1 heterocycles. The number of ether oxygens (including phenoxy) is 1. The Balaban J connectivity index is 2.12. The molecule has 0 aromatic rings. The number of amides is 1. The molecular weight excluding hydrogens is 170 g/mol. The lowest BCUT2D eigenvalue weighted by atomic mass is 9.99. The molecule has 1 saturated carbocycles. The van der Waals surface area contributed by atoms with Crippen LogP contribution in [0.3, 0.4) is 0 Å². The Morgan fingerprint density at radius 3 is 3.15 bits per heavy atom. The van der Waals surface area contributed by atoms with Crippen molar-refractivity contribution in [1.29, 1.82) is 0 Å². The molecule has 5 heteroatoms. The monoisotopic (exact) mass is 181 g/mol. The summed E-state index contributed by atoms with van der Waals surface area (Å²) in [5.74, 6) is -0.429. The maximum Gasteiger partial charge on any atom is 0.253 e. The summed E-state index contributed by atoms with van der Waals surface area (Å²) in [6.07, 6.45) is 4.90. The quantitative estimate of drug-likeness (QED) is 0.268. The zero-order valence-corrected chi connectivity index (χ0v) is 7.27. The van der Waals surface area contributed by atoms with E-state index in [2.05, 4.69) is 10.0 Å². The first-order chi connectivity index (χ1) is 6.29. The van der Waals surface area contributed by atoms with Gasteiger partial charge in [0.15, 0.2) is 5.60 Å². The topological polar surface area (TPSA) is 78.4 Å². The number of carbonyl (C=O) groups is 1. The van der Waals surface area contributed by atoms with Gasteiger partial charge in [-0.3, -0.25) is 4.79 Å². The number of hydrogen-bond acceptors (Lipinski definition) is 2. The van der Waals surface area contributed by atoms with Crippen molar-refractivity contribution in [3.8, 4) is 0 Å². The molecule has 0 aromatic carbocycles. The van der Waals surface area contributed by atoms with Crippen molar-refractivity contribution in [2.75, 3.05) is 0 Å². The van der Waals surface area contributed by atoms with Gasteiger partial charge < -0.3 is 4.74 Å². The molecule has 2 atom stereocenters. The SMILES string of the molecule is [N-]=[N+]=NC(=O)[C@@]12CCCCC[C@@H]1O2. The van der Waals surface area contributed by atoms with Crippen LogP contribution in [0.2, 0.25) is 0 Å². The van der Waals surface area contributed by atoms with Crippen LogP contribution in [0.15, 0.2) is 5.11 Å². The number of rotatable bonds is 1. The Morgan fingerprint density at radius 2 is 2.38 bits per heavy atom. The fourth-order valence-corrected chi connectivity index (χ4v) is 2.05. The first kappa shape index (κ1) is 8.53. The maximum absolute atomic E-state index is 11.4. The number of hydrogen-bond donors (Lipinski definition) is 0. The van der Waals surface area contributed by atoms with Gasteiger partial charge in [-0.2, -0.15) is 0 Å². The Hall–Kier alpha value is -1.06. The van der Waals surface area contributed by atoms with E-state index in [-0.39, 0.29) is 6.10 Å². The van der Waals surface area contributed by atoms with Gasteiger partial charge in [0.05, 0.1) is 6.10 Å². The van der Waals surface area contributed by atoms with Crippen LogP contribution in [-0.4, -0.2) is 17.6 Å². The second-order valence-electron chi connectivity index (χ2n) is 3.59. The summed E-state index contributed by atoms with van der Waals surface area (Å²) in [6, 6.07) is 0. The van der Waals surface area contributed by atoms with Crippen molar-refractivity contribution >= 4 is 5.91 Å². The predicted molar refractivity (Wildman–Crippen MR) is 44.8 cm³/mol. The fraction of sp³-hybridized carbons (Fsp3) is 0.875. The van der Waals surface area contributed by atoms with Crippen LogP contribution in [0.5, 0.6) is 0 Å². The van der Waals surface area contributed by atoms with E-state index in [1.807, 2.05) is 0 Å². The second kappa shape index (κ2) is 3.01. The van der Waals surface area contributed by atoms with Crippen LogP contribution < -0.4 is 0 Å². The highest BCUT2D eigenvalue weighted by atomic mass is 16.6. The van der Waals surface area contributed by atoms with E-state index < -0.39 is 11.5 Å². The first-order valence-electron chi connectivity index (χ1n) is 4.57. The molecule has 0 aromatic heterocycles. The molecule has 0 unspecified atom stereocenters. The van der Waals surface area contributed by atoms with Crippen molar-refractivity contribution in [2.24, 2.45) is 5.11 Å². The van der Waals surface area contributed by atoms with Crippen molar-refractivity contribution in [1.82, 2.24) is 0 Å². The molecule has 70 valence electrons. The standard InChI is InChI=1S/C8H11N3O2/c9-11-10-7(12)8-5-3-1-2-4-6(8)13-8/h6H,1-5H2/t6-,8+/m0/s1. The minimum absolute atomic E-state index is 0.0213. The molecule has 0 bridgehead atoms. The molecule has 0 spiro atoms. The average molecular weight is 181 g/mol. The van der Waals surface area contributed by atoms with E-state index in [0.29, 0.717) is 0 Å².